The number of primary amides is 1. The Morgan fingerprint density at radius 2 is 2.08 bits per heavy atom. The van der Waals surface area contributed by atoms with E-state index in [2.05, 4.69) is 15.5 Å². The van der Waals surface area contributed by atoms with Gasteiger partial charge in [-0.3, -0.25) is 9.59 Å². The van der Waals surface area contributed by atoms with E-state index in [1.54, 1.807) is 0 Å². The Balaban J connectivity index is 1.64. The van der Waals surface area contributed by atoms with E-state index < -0.39 is 0 Å². The number of aryl methyl sites for hydroxylation is 2. The van der Waals surface area contributed by atoms with Gasteiger partial charge in [-0.25, -0.2) is 0 Å². The van der Waals surface area contributed by atoms with Crippen molar-refractivity contribution in [3.63, 3.8) is 0 Å². The van der Waals surface area contributed by atoms with Crippen LogP contribution in [0.4, 0.5) is 5.69 Å². The maximum absolute atomic E-state index is 12.3. The SMILES string of the molecule is Cc1ccc(C)c(NC(=O)CSc2nnc(C3CC3)n2CCC(N)=O)c1. The minimum atomic E-state index is -0.357. The lowest BCUT2D eigenvalue weighted by atomic mass is 10.1. The first-order valence-corrected chi connectivity index (χ1v) is 9.64. The molecule has 1 saturated carbocycles. The lowest BCUT2D eigenvalue weighted by Gasteiger charge is -2.10. The number of amides is 2. The van der Waals surface area contributed by atoms with Crippen molar-refractivity contribution >= 4 is 29.3 Å². The zero-order valence-corrected chi connectivity index (χ0v) is 15.8. The Labute approximate surface area is 156 Å². The number of aromatic nitrogens is 3. The van der Waals surface area contributed by atoms with Gasteiger partial charge in [0.1, 0.15) is 5.82 Å². The van der Waals surface area contributed by atoms with Crippen LogP contribution in [-0.2, 0) is 16.1 Å². The van der Waals surface area contributed by atoms with E-state index >= 15 is 0 Å². The number of nitrogens with two attached hydrogens (primary N) is 1. The fraction of sp³-hybridized carbons (Fsp3) is 0.444. The van der Waals surface area contributed by atoms with Crippen molar-refractivity contribution in [2.75, 3.05) is 11.1 Å². The third-order valence-corrected chi connectivity index (χ3v) is 5.24. The normalized spacial score (nSPS) is 13.6. The zero-order valence-electron chi connectivity index (χ0n) is 15.0. The van der Waals surface area contributed by atoms with Crippen LogP contribution in [0.15, 0.2) is 23.4 Å². The van der Waals surface area contributed by atoms with Crippen LogP contribution in [-0.4, -0.2) is 32.3 Å². The van der Waals surface area contributed by atoms with Crippen molar-refractivity contribution in [2.45, 2.75) is 50.7 Å². The molecule has 26 heavy (non-hydrogen) atoms. The second-order valence-corrected chi connectivity index (χ2v) is 7.58. The fourth-order valence-corrected chi connectivity index (χ4v) is 3.44. The van der Waals surface area contributed by atoms with Gasteiger partial charge in [0.05, 0.1) is 5.75 Å². The minimum absolute atomic E-state index is 0.0962. The number of carbonyl (C=O) groups is 2. The van der Waals surface area contributed by atoms with Gasteiger partial charge in [0.25, 0.3) is 0 Å². The van der Waals surface area contributed by atoms with Gasteiger partial charge in [0.15, 0.2) is 5.16 Å². The fourth-order valence-electron chi connectivity index (χ4n) is 2.67. The van der Waals surface area contributed by atoms with Crippen molar-refractivity contribution in [2.24, 2.45) is 5.73 Å². The largest absolute Gasteiger partial charge is 0.370 e. The molecule has 1 aliphatic carbocycles. The zero-order chi connectivity index (χ0) is 18.7. The second-order valence-electron chi connectivity index (χ2n) is 6.64. The third-order valence-electron chi connectivity index (χ3n) is 4.27. The number of hydrogen-bond acceptors (Lipinski definition) is 5. The molecule has 0 atom stereocenters. The molecule has 0 aliphatic heterocycles. The highest BCUT2D eigenvalue weighted by molar-refractivity contribution is 7.99. The summed E-state index contributed by atoms with van der Waals surface area (Å²) in [5.74, 6) is 1.08. The summed E-state index contributed by atoms with van der Waals surface area (Å²) in [5, 5.41) is 12.1. The van der Waals surface area contributed by atoms with Crippen LogP contribution in [0.25, 0.3) is 0 Å². The predicted molar refractivity (Wildman–Crippen MR) is 101 cm³/mol. The summed E-state index contributed by atoms with van der Waals surface area (Å²) in [6, 6.07) is 5.96. The maximum atomic E-state index is 12.3. The Kier molecular flexibility index (Phi) is 5.61. The summed E-state index contributed by atoms with van der Waals surface area (Å²) in [4.78, 5) is 23.4. The van der Waals surface area contributed by atoms with Gasteiger partial charge in [-0.05, 0) is 43.9 Å². The minimum Gasteiger partial charge on any atom is -0.370 e. The van der Waals surface area contributed by atoms with Crippen LogP contribution in [0, 0.1) is 13.8 Å². The summed E-state index contributed by atoms with van der Waals surface area (Å²) >= 11 is 1.33. The number of thioether (sulfide) groups is 1. The second kappa shape index (κ2) is 7.90. The van der Waals surface area contributed by atoms with E-state index in [0.717, 1.165) is 35.5 Å². The molecule has 7 nitrogen and oxygen atoms in total. The molecule has 2 aromatic rings. The van der Waals surface area contributed by atoms with Crippen LogP contribution in [0.2, 0.25) is 0 Å². The monoisotopic (exact) mass is 373 g/mol. The summed E-state index contributed by atoms with van der Waals surface area (Å²) in [7, 11) is 0. The standard InChI is InChI=1S/C18H23N5O2S/c1-11-3-4-12(2)14(9-11)20-16(25)10-26-18-22-21-17(13-5-6-13)23(18)8-7-15(19)24/h3-4,9,13H,5-8,10H2,1-2H3,(H2,19,24)(H,20,25). The molecule has 1 aliphatic rings. The molecule has 0 unspecified atom stereocenters. The van der Waals surface area contributed by atoms with E-state index in [1.165, 1.54) is 11.8 Å². The van der Waals surface area contributed by atoms with Crippen molar-refractivity contribution < 1.29 is 9.59 Å². The number of nitrogens with one attached hydrogen (secondary N) is 1. The molecule has 1 heterocycles. The van der Waals surface area contributed by atoms with Crippen LogP contribution in [0.3, 0.4) is 0 Å². The Bertz CT molecular complexity index is 829. The third kappa shape index (κ3) is 4.63. The van der Waals surface area contributed by atoms with Crippen LogP contribution in [0.1, 0.15) is 42.1 Å². The Morgan fingerprint density at radius 3 is 2.77 bits per heavy atom. The van der Waals surface area contributed by atoms with Gasteiger partial charge < -0.3 is 15.6 Å². The molecule has 0 spiro atoms. The number of nitrogens with zero attached hydrogens (tertiary/aromatic N) is 3. The number of anilines is 1. The van der Waals surface area contributed by atoms with Crippen molar-refractivity contribution in [1.82, 2.24) is 14.8 Å². The summed E-state index contributed by atoms with van der Waals surface area (Å²) < 4.78 is 1.93. The van der Waals surface area contributed by atoms with Crippen LogP contribution >= 0.6 is 11.8 Å². The average molecular weight is 373 g/mol. The van der Waals surface area contributed by atoms with E-state index in [4.69, 9.17) is 5.73 Å². The molecule has 3 rings (SSSR count). The first-order chi connectivity index (χ1) is 12.4. The van der Waals surface area contributed by atoms with E-state index in [9.17, 15) is 9.59 Å². The van der Waals surface area contributed by atoms with E-state index in [1.807, 2.05) is 36.6 Å². The summed E-state index contributed by atoms with van der Waals surface area (Å²) in [6.07, 6.45) is 2.42. The van der Waals surface area contributed by atoms with Crippen LogP contribution < -0.4 is 11.1 Å². The Morgan fingerprint density at radius 1 is 1.31 bits per heavy atom. The molecule has 8 heteroatoms. The maximum Gasteiger partial charge on any atom is 0.234 e. The number of benzene rings is 1. The van der Waals surface area contributed by atoms with Gasteiger partial charge in [-0.2, -0.15) is 0 Å². The number of carbonyl (C=O) groups excluding carboxylic acids is 2. The molecule has 2 amide bonds. The molecule has 0 saturated heterocycles. The predicted octanol–water partition coefficient (Wildman–Crippen LogP) is 2.38. The molecule has 1 aromatic carbocycles. The highest BCUT2D eigenvalue weighted by Crippen LogP contribution is 2.40. The lowest BCUT2D eigenvalue weighted by molar-refractivity contribution is -0.118. The molecular formula is C18H23N5O2S. The van der Waals surface area contributed by atoms with Gasteiger partial charge in [0, 0.05) is 24.6 Å². The molecular weight excluding hydrogens is 350 g/mol. The van der Waals surface area contributed by atoms with E-state index in [0.29, 0.717) is 17.6 Å². The average Bonchev–Trinajstić information content (AvgIpc) is 3.35. The van der Waals surface area contributed by atoms with Gasteiger partial charge in [-0.15, -0.1) is 10.2 Å². The highest BCUT2D eigenvalue weighted by Gasteiger charge is 2.30. The van der Waals surface area contributed by atoms with Gasteiger partial charge in [0.2, 0.25) is 11.8 Å². The van der Waals surface area contributed by atoms with Gasteiger partial charge in [-0.1, -0.05) is 23.9 Å². The molecule has 138 valence electrons. The highest BCUT2D eigenvalue weighted by atomic mass is 32.2. The topological polar surface area (TPSA) is 103 Å². The molecule has 0 bridgehead atoms. The molecule has 1 fully saturated rings. The van der Waals surface area contributed by atoms with Crippen molar-refractivity contribution in [3.05, 3.63) is 35.2 Å². The smallest absolute Gasteiger partial charge is 0.234 e. The quantitative estimate of drug-likeness (QED) is 0.692. The van der Waals surface area contributed by atoms with Crippen LogP contribution in [0.5, 0.6) is 0 Å². The summed E-state index contributed by atoms with van der Waals surface area (Å²) in [6.45, 7) is 4.41. The molecule has 3 N–H and O–H groups in total. The molecule has 1 aromatic heterocycles. The first kappa shape index (κ1) is 18.4. The Hall–Kier alpha value is -2.35. The number of rotatable bonds is 8. The number of hydrogen-bond donors (Lipinski definition) is 2. The van der Waals surface area contributed by atoms with E-state index in [-0.39, 0.29) is 24.0 Å². The van der Waals surface area contributed by atoms with Crippen molar-refractivity contribution in [3.8, 4) is 0 Å². The summed E-state index contributed by atoms with van der Waals surface area (Å²) in [5.41, 5.74) is 8.21. The first-order valence-electron chi connectivity index (χ1n) is 8.65. The van der Waals surface area contributed by atoms with Gasteiger partial charge >= 0.3 is 0 Å². The lowest BCUT2D eigenvalue weighted by Crippen LogP contribution is -2.17. The van der Waals surface area contributed by atoms with Crippen molar-refractivity contribution in [1.29, 1.82) is 0 Å². The molecule has 0 radical (unpaired) electrons.